The van der Waals surface area contributed by atoms with E-state index in [-0.39, 0.29) is 28.5 Å². The van der Waals surface area contributed by atoms with Gasteiger partial charge in [0, 0.05) is 18.2 Å². The molecule has 0 aliphatic carbocycles. The number of benzene rings is 1. The highest BCUT2D eigenvalue weighted by Gasteiger charge is 2.27. The standard InChI is InChI=1S/C14H22N2O4S/c1-9(2)14(10(3)4)15-21(19,20)13-8-12(16(17)18)7-6-11(13)5/h6-10,14-15H,1-5H3. The summed E-state index contributed by atoms with van der Waals surface area (Å²) in [7, 11) is -3.79. The molecule has 1 aromatic carbocycles. The van der Waals surface area contributed by atoms with E-state index in [0.717, 1.165) is 6.07 Å². The summed E-state index contributed by atoms with van der Waals surface area (Å²) in [5.41, 5.74) is 0.256. The van der Waals surface area contributed by atoms with Crippen LogP contribution in [0.2, 0.25) is 0 Å². The van der Waals surface area contributed by atoms with E-state index in [2.05, 4.69) is 4.72 Å². The zero-order valence-electron chi connectivity index (χ0n) is 13.0. The number of hydrogen-bond donors (Lipinski definition) is 1. The molecular weight excluding hydrogens is 292 g/mol. The van der Waals surface area contributed by atoms with E-state index < -0.39 is 14.9 Å². The lowest BCUT2D eigenvalue weighted by Gasteiger charge is -2.26. The van der Waals surface area contributed by atoms with Crippen molar-refractivity contribution in [3.8, 4) is 0 Å². The average molecular weight is 314 g/mol. The number of hydrogen-bond acceptors (Lipinski definition) is 4. The highest BCUT2D eigenvalue weighted by molar-refractivity contribution is 7.89. The first kappa shape index (κ1) is 17.6. The second-order valence-electron chi connectivity index (χ2n) is 5.84. The molecule has 0 saturated heterocycles. The first-order valence-corrected chi connectivity index (χ1v) is 8.32. The maximum Gasteiger partial charge on any atom is 0.270 e. The van der Waals surface area contributed by atoms with Gasteiger partial charge in [0.05, 0.1) is 9.82 Å². The molecule has 0 amide bonds. The highest BCUT2D eigenvalue weighted by atomic mass is 32.2. The van der Waals surface area contributed by atoms with Crippen LogP contribution in [0.25, 0.3) is 0 Å². The van der Waals surface area contributed by atoms with Crippen LogP contribution in [0.1, 0.15) is 33.3 Å². The summed E-state index contributed by atoms with van der Waals surface area (Å²) in [4.78, 5) is 10.2. The van der Waals surface area contributed by atoms with Crippen LogP contribution in [0, 0.1) is 28.9 Å². The van der Waals surface area contributed by atoms with Gasteiger partial charge in [0.25, 0.3) is 5.69 Å². The van der Waals surface area contributed by atoms with E-state index in [1.807, 2.05) is 27.7 Å². The van der Waals surface area contributed by atoms with Gasteiger partial charge in [-0.25, -0.2) is 13.1 Å². The Morgan fingerprint density at radius 3 is 2.10 bits per heavy atom. The van der Waals surface area contributed by atoms with Crippen molar-refractivity contribution < 1.29 is 13.3 Å². The van der Waals surface area contributed by atoms with Crippen molar-refractivity contribution in [3.63, 3.8) is 0 Å². The number of nitro benzene ring substituents is 1. The van der Waals surface area contributed by atoms with Crippen molar-refractivity contribution in [2.45, 2.75) is 45.6 Å². The molecule has 6 nitrogen and oxygen atoms in total. The van der Waals surface area contributed by atoms with Crippen molar-refractivity contribution in [3.05, 3.63) is 33.9 Å². The normalized spacial score (nSPS) is 12.4. The summed E-state index contributed by atoms with van der Waals surface area (Å²) in [6.45, 7) is 9.37. The van der Waals surface area contributed by atoms with Crippen molar-refractivity contribution in [2.75, 3.05) is 0 Å². The van der Waals surface area contributed by atoms with Gasteiger partial charge in [0.15, 0.2) is 0 Å². The Bertz CT molecular complexity index is 616. The van der Waals surface area contributed by atoms with E-state index in [1.165, 1.54) is 12.1 Å². The van der Waals surface area contributed by atoms with E-state index in [0.29, 0.717) is 5.56 Å². The number of non-ortho nitro benzene ring substituents is 1. The summed E-state index contributed by atoms with van der Waals surface area (Å²) < 4.78 is 27.7. The van der Waals surface area contributed by atoms with Crippen molar-refractivity contribution in [1.82, 2.24) is 4.72 Å². The van der Waals surface area contributed by atoms with Gasteiger partial charge in [0.1, 0.15) is 0 Å². The molecule has 1 aromatic rings. The topological polar surface area (TPSA) is 89.3 Å². The van der Waals surface area contributed by atoms with Crippen LogP contribution in [0.4, 0.5) is 5.69 Å². The molecule has 118 valence electrons. The third-order valence-corrected chi connectivity index (χ3v) is 5.00. The van der Waals surface area contributed by atoms with Gasteiger partial charge in [-0.2, -0.15) is 0 Å². The third-order valence-electron chi connectivity index (χ3n) is 3.40. The fraction of sp³-hybridized carbons (Fsp3) is 0.571. The molecule has 0 aliphatic rings. The van der Waals surface area contributed by atoms with Gasteiger partial charge >= 0.3 is 0 Å². The molecule has 0 fully saturated rings. The van der Waals surface area contributed by atoms with Crippen LogP contribution >= 0.6 is 0 Å². The number of aryl methyl sites for hydroxylation is 1. The van der Waals surface area contributed by atoms with E-state index in [1.54, 1.807) is 6.92 Å². The van der Waals surface area contributed by atoms with Crippen molar-refractivity contribution in [2.24, 2.45) is 11.8 Å². The molecule has 0 unspecified atom stereocenters. The van der Waals surface area contributed by atoms with E-state index in [9.17, 15) is 18.5 Å². The van der Waals surface area contributed by atoms with Crippen molar-refractivity contribution in [1.29, 1.82) is 0 Å². The maximum absolute atomic E-state index is 12.5. The second-order valence-corrected chi connectivity index (χ2v) is 7.52. The quantitative estimate of drug-likeness (QED) is 0.646. The average Bonchev–Trinajstić information content (AvgIpc) is 2.35. The van der Waals surface area contributed by atoms with Gasteiger partial charge in [-0.1, -0.05) is 33.8 Å². The second kappa shape index (κ2) is 6.53. The fourth-order valence-electron chi connectivity index (χ4n) is 2.28. The summed E-state index contributed by atoms with van der Waals surface area (Å²) in [5, 5.41) is 10.8. The van der Waals surface area contributed by atoms with Crippen LogP contribution in [-0.4, -0.2) is 19.4 Å². The summed E-state index contributed by atoms with van der Waals surface area (Å²) in [6, 6.07) is 3.63. The molecule has 0 radical (unpaired) electrons. The third kappa shape index (κ3) is 4.25. The number of nitrogens with one attached hydrogen (secondary N) is 1. The summed E-state index contributed by atoms with van der Waals surface area (Å²) >= 11 is 0. The lowest BCUT2D eigenvalue weighted by atomic mass is 9.94. The molecule has 1 N–H and O–H groups in total. The molecule has 0 heterocycles. The predicted molar refractivity (Wildman–Crippen MR) is 81.6 cm³/mol. The number of nitrogens with zero attached hydrogens (tertiary/aromatic N) is 1. The predicted octanol–water partition coefficient (Wildman–Crippen LogP) is 2.86. The van der Waals surface area contributed by atoms with Gasteiger partial charge in [-0.15, -0.1) is 0 Å². The lowest BCUT2D eigenvalue weighted by Crippen LogP contribution is -2.42. The summed E-state index contributed by atoms with van der Waals surface area (Å²) in [5.74, 6) is 0.248. The molecule has 7 heteroatoms. The molecule has 0 bridgehead atoms. The highest BCUT2D eigenvalue weighted by Crippen LogP contribution is 2.23. The molecule has 0 spiro atoms. The first-order chi connectivity index (χ1) is 9.56. The largest absolute Gasteiger partial charge is 0.270 e. The zero-order chi connectivity index (χ0) is 16.4. The monoisotopic (exact) mass is 314 g/mol. The minimum atomic E-state index is -3.79. The zero-order valence-corrected chi connectivity index (χ0v) is 13.8. The minimum Gasteiger partial charge on any atom is -0.258 e. The smallest absolute Gasteiger partial charge is 0.258 e. The van der Waals surface area contributed by atoms with Gasteiger partial charge in [0.2, 0.25) is 10.0 Å². The van der Waals surface area contributed by atoms with E-state index >= 15 is 0 Å². The Labute approximate surface area is 125 Å². The fourth-order valence-corrected chi connectivity index (χ4v) is 4.07. The Morgan fingerprint density at radius 1 is 1.14 bits per heavy atom. The van der Waals surface area contributed by atoms with Crippen LogP contribution in [0.3, 0.4) is 0 Å². The van der Waals surface area contributed by atoms with Crippen LogP contribution < -0.4 is 4.72 Å². The molecule has 0 atom stereocenters. The molecule has 0 saturated carbocycles. The molecule has 0 aliphatic heterocycles. The Balaban J connectivity index is 3.24. The molecule has 1 rings (SSSR count). The van der Waals surface area contributed by atoms with Gasteiger partial charge in [-0.05, 0) is 24.3 Å². The maximum atomic E-state index is 12.5. The molecule has 21 heavy (non-hydrogen) atoms. The number of rotatable bonds is 6. The van der Waals surface area contributed by atoms with Gasteiger partial charge < -0.3 is 0 Å². The Kier molecular flexibility index (Phi) is 5.47. The van der Waals surface area contributed by atoms with Crippen LogP contribution in [-0.2, 0) is 10.0 Å². The molecule has 0 aromatic heterocycles. The van der Waals surface area contributed by atoms with Crippen molar-refractivity contribution >= 4 is 15.7 Å². The molecular formula is C14H22N2O4S. The Morgan fingerprint density at radius 2 is 1.67 bits per heavy atom. The Hall–Kier alpha value is -1.47. The number of sulfonamides is 1. The van der Waals surface area contributed by atoms with Gasteiger partial charge in [-0.3, -0.25) is 10.1 Å². The number of nitro groups is 1. The SMILES string of the molecule is Cc1ccc([N+](=O)[O-])cc1S(=O)(=O)NC(C(C)C)C(C)C. The minimum absolute atomic E-state index is 0.0389. The van der Waals surface area contributed by atoms with Crippen LogP contribution in [0.15, 0.2) is 23.1 Å². The van der Waals surface area contributed by atoms with E-state index in [4.69, 9.17) is 0 Å². The lowest BCUT2D eigenvalue weighted by molar-refractivity contribution is -0.385. The first-order valence-electron chi connectivity index (χ1n) is 6.83. The van der Waals surface area contributed by atoms with Crippen LogP contribution in [0.5, 0.6) is 0 Å². The summed E-state index contributed by atoms with van der Waals surface area (Å²) in [6.07, 6.45) is 0.